The minimum atomic E-state index is -0.531. The van der Waals surface area contributed by atoms with Crippen LogP contribution in [-0.4, -0.2) is 56.5 Å². The van der Waals surface area contributed by atoms with Crippen molar-refractivity contribution in [1.29, 1.82) is 0 Å². The van der Waals surface area contributed by atoms with Crippen LogP contribution in [0.2, 0.25) is 0 Å². The third-order valence-corrected chi connectivity index (χ3v) is 8.04. The summed E-state index contributed by atoms with van der Waals surface area (Å²) in [6.45, 7) is 0. The molecule has 188 valence electrons. The Balaban J connectivity index is 1.18. The molecule has 14 heteroatoms. The fourth-order valence-electron chi connectivity index (χ4n) is 4.61. The topological polar surface area (TPSA) is 128 Å². The van der Waals surface area contributed by atoms with E-state index in [1.165, 1.54) is 21.6 Å². The number of carbonyl (C=O) groups is 1. The number of halogens is 2. The van der Waals surface area contributed by atoms with E-state index in [1.807, 2.05) is 10.2 Å². The summed E-state index contributed by atoms with van der Waals surface area (Å²) in [7, 11) is 1.46. The highest BCUT2D eigenvalue weighted by atomic mass is 127. The molecule has 1 fully saturated rings. The molecule has 1 saturated carbocycles. The number of hydrogen-bond donors (Lipinski definition) is 2. The summed E-state index contributed by atoms with van der Waals surface area (Å²) in [6, 6.07) is 3.26. The first-order chi connectivity index (χ1) is 18.1. The molecule has 1 amide bonds. The average molecular weight is 630 g/mol. The number of carbonyl (C=O) groups excluding carboxylic acids is 1. The molecule has 5 heterocycles. The van der Waals surface area contributed by atoms with E-state index in [0.29, 0.717) is 23.6 Å². The maximum Gasteiger partial charge on any atom is 0.270 e. The largest absolute Gasteiger partial charge is 0.365 e. The first kappa shape index (κ1) is 24.0. The van der Waals surface area contributed by atoms with Crippen LogP contribution in [0, 0.1) is 5.82 Å². The van der Waals surface area contributed by atoms with Crippen molar-refractivity contribution >= 4 is 58.7 Å². The molecule has 11 nitrogen and oxygen atoms in total. The first-order valence-electron chi connectivity index (χ1n) is 11.6. The van der Waals surface area contributed by atoms with Crippen LogP contribution >= 0.6 is 30.3 Å². The molecule has 2 atom stereocenters. The number of anilines is 1. The predicted octanol–water partition coefficient (Wildman–Crippen LogP) is 4.07. The van der Waals surface area contributed by atoms with Crippen LogP contribution in [-0.2, 0) is 0 Å². The summed E-state index contributed by atoms with van der Waals surface area (Å²) in [6.07, 6.45) is 12.8. The van der Waals surface area contributed by atoms with Crippen molar-refractivity contribution in [2.45, 2.75) is 37.8 Å². The third-order valence-electron chi connectivity index (χ3n) is 6.34. The second kappa shape index (κ2) is 10.2. The Kier molecular flexibility index (Phi) is 6.58. The maximum atomic E-state index is 14.7. The summed E-state index contributed by atoms with van der Waals surface area (Å²) in [5, 5.41) is 11.2. The summed E-state index contributed by atoms with van der Waals surface area (Å²) in [5.74, 6) is -0.252. The summed E-state index contributed by atoms with van der Waals surface area (Å²) < 4.78 is 18.2. The van der Waals surface area contributed by atoms with Crippen LogP contribution < -0.4 is 10.6 Å². The minimum absolute atomic E-state index is 0.0591. The Morgan fingerprint density at radius 3 is 2.95 bits per heavy atom. The van der Waals surface area contributed by atoms with Gasteiger partial charge in [0.05, 0.1) is 12.4 Å². The van der Waals surface area contributed by atoms with Gasteiger partial charge in [-0.2, -0.15) is 5.10 Å². The lowest BCUT2D eigenvalue weighted by molar-refractivity contribution is 0.0921. The molecule has 0 bridgehead atoms. The van der Waals surface area contributed by atoms with Crippen LogP contribution in [0.4, 0.5) is 10.2 Å². The molecule has 5 aromatic rings. The normalized spacial score (nSPS) is 17.8. The van der Waals surface area contributed by atoms with Gasteiger partial charge in [0, 0.05) is 78.0 Å². The van der Waals surface area contributed by atoms with Crippen LogP contribution in [0.1, 0.15) is 36.2 Å². The number of amides is 1. The van der Waals surface area contributed by atoms with E-state index in [0.717, 1.165) is 35.9 Å². The molecule has 2 N–H and O–H groups in total. The van der Waals surface area contributed by atoms with Gasteiger partial charge >= 0.3 is 0 Å². The Morgan fingerprint density at radius 2 is 2.05 bits per heavy atom. The van der Waals surface area contributed by atoms with Crippen molar-refractivity contribution in [2.24, 2.45) is 0 Å². The summed E-state index contributed by atoms with van der Waals surface area (Å²) >= 11 is 2.17. The van der Waals surface area contributed by atoms with Gasteiger partial charge in [-0.1, -0.05) is 0 Å². The van der Waals surface area contributed by atoms with Gasteiger partial charge in [-0.3, -0.25) is 8.77 Å². The van der Waals surface area contributed by atoms with Crippen molar-refractivity contribution in [1.82, 2.24) is 43.8 Å². The number of aromatic nitrogens is 8. The lowest BCUT2D eigenvalue weighted by atomic mass is 9.91. The van der Waals surface area contributed by atoms with Crippen molar-refractivity contribution in [2.75, 3.05) is 5.32 Å². The zero-order valence-electron chi connectivity index (χ0n) is 19.3. The van der Waals surface area contributed by atoms with Crippen molar-refractivity contribution in [3.63, 3.8) is 0 Å². The molecule has 6 rings (SSSR count). The fourth-order valence-corrected chi connectivity index (χ4v) is 5.87. The summed E-state index contributed by atoms with van der Waals surface area (Å²) in [5.41, 5.74) is 2.40. The zero-order chi connectivity index (χ0) is 25.4. The molecule has 0 radical (unpaired) electrons. The molecule has 0 aliphatic heterocycles. The van der Waals surface area contributed by atoms with E-state index in [2.05, 4.69) is 61.9 Å². The highest BCUT2D eigenvalue weighted by Gasteiger charge is 2.26. The van der Waals surface area contributed by atoms with Gasteiger partial charge in [-0.25, -0.2) is 33.8 Å². The van der Waals surface area contributed by atoms with Gasteiger partial charge in [0.25, 0.3) is 5.91 Å². The Morgan fingerprint density at radius 1 is 1.16 bits per heavy atom. The Hall–Kier alpha value is -3.40. The molecule has 1 aliphatic rings. The van der Waals surface area contributed by atoms with Crippen molar-refractivity contribution in [3.05, 3.63) is 61.0 Å². The quantitative estimate of drug-likeness (QED) is 0.267. The Labute approximate surface area is 226 Å². The highest BCUT2D eigenvalue weighted by Crippen LogP contribution is 2.32. The molecule has 0 aromatic carbocycles. The lowest BCUT2D eigenvalue weighted by Gasteiger charge is -2.30. The molecular weight excluding hydrogens is 610 g/mol. The molecule has 5 aromatic heterocycles. The molecule has 0 saturated heterocycles. The molecule has 0 spiro atoms. The van der Waals surface area contributed by atoms with Gasteiger partial charge in [-0.05, 0) is 31.7 Å². The number of hydrogen-bond acceptors (Lipinski definition) is 9. The fraction of sp³-hybridized carbons (Fsp3) is 0.261. The van der Waals surface area contributed by atoms with Crippen LogP contribution in [0.25, 0.3) is 28.1 Å². The third kappa shape index (κ3) is 4.82. The Bertz CT molecular complexity index is 1610. The smallest absolute Gasteiger partial charge is 0.270 e. The number of rotatable bonds is 6. The lowest BCUT2D eigenvalue weighted by Crippen LogP contribution is -2.42. The van der Waals surface area contributed by atoms with E-state index in [1.54, 1.807) is 35.2 Å². The summed E-state index contributed by atoms with van der Waals surface area (Å²) in [4.78, 5) is 34.4. The van der Waals surface area contributed by atoms with Crippen molar-refractivity contribution < 1.29 is 9.18 Å². The van der Waals surface area contributed by atoms with Crippen LogP contribution in [0.15, 0.2) is 49.4 Å². The molecular formula is C23H20FIN10OS. The van der Waals surface area contributed by atoms with E-state index in [-0.39, 0.29) is 23.8 Å². The van der Waals surface area contributed by atoms with E-state index in [9.17, 15) is 9.18 Å². The predicted molar refractivity (Wildman–Crippen MR) is 146 cm³/mol. The molecule has 2 unspecified atom stereocenters. The molecule has 1 aliphatic carbocycles. The average Bonchev–Trinajstić information content (AvgIpc) is 3.54. The second-order valence-corrected chi connectivity index (χ2v) is 10.4. The highest BCUT2D eigenvalue weighted by molar-refractivity contribution is 14.2. The van der Waals surface area contributed by atoms with E-state index in [4.69, 9.17) is 0 Å². The maximum absolute atomic E-state index is 14.7. The van der Waals surface area contributed by atoms with Gasteiger partial charge in [0.15, 0.2) is 28.8 Å². The first-order valence-corrected chi connectivity index (χ1v) is 14.9. The van der Waals surface area contributed by atoms with Gasteiger partial charge < -0.3 is 10.6 Å². The molecule has 37 heavy (non-hydrogen) atoms. The van der Waals surface area contributed by atoms with Crippen LogP contribution in [0.3, 0.4) is 0 Å². The number of fused-ring (bicyclic) bond motifs is 2. The number of nitrogens with zero attached hydrogens (tertiary/aromatic N) is 8. The SMILES string of the molecule is O=C(NC1CCCC(Nc2nc(-c3cn(SI)c4ncncc34)ncc2F)C1)c1ccn2nccc2n1. The van der Waals surface area contributed by atoms with Crippen LogP contribution in [0.5, 0.6) is 0 Å². The second-order valence-electron chi connectivity index (χ2n) is 8.71. The van der Waals surface area contributed by atoms with Crippen molar-refractivity contribution in [3.8, 4) is 11.4 Å². The van der Waals surface area contributed by atoms with Gasteiger partial charge in [0.1, 0.15) is 12.0 Å². The van der Waals surface area contributed by atoms with Gasteiger partial charge in [0.2, 0.25) is 0 Å². The number of nitrogens with one attached hydrogen (secondary N) is 2. The monoisotopic (exact) mass is 630 g/mol. The standard InChI is InChI=1S/C23H20FIN10OS/c24-17-10-27-20(16-11-35(37-25)22-15(16)9-26-12-28-22)33-21(17)30-13-2-1-3-14(8-13)31-23(36)18-5-7-34-19(32-18)4-6-29-34/h4-7,9-14H,1-3,8H2,(H,31,36)(H,27,30,33). The van der Waals surface area contributed by atoms with E-state index < -0.39 is 5.82 Å². The minimum Gasteiger partial charge on any atom is -0.365 e. The van der Waals surface area contributed by atoms with E-state index >= 15 is 0 Å². The zero-order valence-corrected chi connectivity index (χ0v) is 22.2. The van der Waals surface area contributed by atoms with Gasteiger partial charge in [-0.15, -0.1) is 0 Å².